The molecular weight excluding hydrogens is 386 g/mol. The minimum absolute atomic E-state index is 0.0533. The van der Waals surface area contributed by atoms with Crippen LogP contribution in [0, 0.1) is 0 Å². The molecule has 0 spiro atoms. The number of carbonyl (C=O) groups is 3. The van der Waals surface area contributed by atoms with E-state index in [0.29, 0.717) is 25.1 Å². The number of hydrogen-bond acceptors (Lipinski definition) is 7. The second-order valence-electron chi connectivity index (χ2n) is 8.26. The second-order valence-corrected chi connectivity index (χ2v) is 8.26. The van der Waals surface area contributed by atoms with Gasteiger partial charge in [-0.2, -0.15) is 0 Å². The first kappa shape index (κ1) is 19.0. The summed E-state index contributed by atoms with van der Waals surface area (Å²) < 4.78 is 5.01. The van der Waals surface area contributed by atoms with Crippen molar-refractivity contribution in [1.82, 2.24) is 26.0 Å². The van der Waals surface area contributed by atoms with Crippen LogP contribution in [0.2, 0.25) is 0 Å². The van der Waals surface area contributed by atoms with E-state index in [9.17, 15) is 14.4 Å². The fraction of sp³-hybridized carbons (Fsp3) is 0.429. The molecule has 1 unspecified atom stereocenters. The van der Waals surface area contributed by atoms with Crippen LogP contribution in [0.4, 0.5) is 0 Å². The summed E-state index contributed by atoms with van der Waals surface area (Å²) in [6.45, 7) is 3.53. The summed E-state index contributed by atoms with van der Waals surface area (Å²) in [6.07, 6.45) is 2.23. The Morgan fingerprint density at radius 1 is 1.23 bits per heavy atom. The molecular formula is C21H23N5O4. The average Bonchev–Trinajstić information content (AvgIpc) is 3.33. The molecule has 3 aliphatic heterocycles. The fourth-order valence-corrected chi connectivity index (χ4v) is 4.49. The lowest BCUT2D eigenvalue weighted by Gasteiger charge is -2.41. The lowest BCUT2D eigenvalue weighted by atomic mass is 9.78. The zero-order chi connectivity index (χ0) is 20.7. The molecule has 9 heteroatoms. The van der Waals surface area contributed by atoms with Crippen molar-refractivity contribution < 1.29 is 18.9 Å². The molecule has 2 aromatic rings. The molecule has 0 aliphatic carbocycles. The first-order valence-corrected chi connectivity index (χ1v) is 10.1. The molecule has 5 rings (SSSR count). The molecule has 156 valence electrons. The largest absolute Gasteiger partial charge is 0.364 e. The number of rotatable bonds is 6. The van der Waals surface area contributed by atoms with Crippen molar-refractivity contribution in [2.45, 2.75) is 37.4 Å². The van der Waals surface area contributed by atoms with Gasteiger partial charge >= 0.3 is 0 Å². The Hall–Kier alpha value is -3.04. The number of carbonyl (C=O) groups excluding carboxylic acids is 3. The van der Waals surface area contributed by atoms with E-state index in [0.717, 1.165) is 36.5 Å². The Balaban J connectivity index is 1.24. The predicted octanol–water partition coefficient (Wildman–Crippen LogP) is 0.0664. The maximum Gasteiger partial charge on any atom is 0.255 e. The predicted molar refractivity (Wildman–Crippen MR) is 105 cm³/mol. The minimum Gasteiger partial charge on any atom is -0.364 e. The van der Waals surface area contributed by atoms with Crippen molar-refractivity contribution in [3.8, 4) is 0 Å². The summed E-state index contributed by atoms with van der Waals surface area (Å²) in [5.74, 6) is -0.815. The molecule has 4 heterocycles. The number of amides is 3. The van der Waals surface area contributed by atoms with Gasteiger partial charge in [-0.25, -0.2) is 0 Å². The van der Waals surface area contributed by atoms with Crippen LogP contribution in [0.15, 0.2) is 35.1 Å². The van der Waals surface area contributed by atoms with Crippen LogP contribution in [-0.2, 0) is 28.1 Å². The molecule has 9 nitrogen and oxygen atoms in total. The molecule has 0 saturated carbocycles. The van der Waals surface area contributed by atoms with Gasteiger partial charge < -0.3 is 20.1 Å². The maximum absolute atomic E-state index is 12.8. The third-order valence-electron chi connectivity index (χ3n) is 6.29. The van der Waals surface area contributed by atoms with Gasteiger partial charge in [0.2, 0.25) is 11.8 Å². The van der Waals surface area contributed by atoms with Crippen molar-refractivity contribution in [1.29, 1.82) is 0 Å². The number of aromatic nitrogens is 1. The highest BCUT2D eigenvalue weighted by Gasteiger charge is 2.41. The van der Waals surface area contributed by atoms with E-state index in [2.05, 4.69) is 21.1 Å². The molecule has 0 radical (unpaired) electrons. The van der Waals surface area contributed by atoms with Gasteiger partial charge in [0.1, 0.15) is 12.3 Å². The molecule has 0 bridgehead atoms. The highest BCUT2D eigenvalue weighted by atomic mass is 16.5. The summed E-state index contributed by atoms with van der Waals surface area (Å²) in [5.41, 5.74) is 3.52. The molecule has 30 heavy (non-hydrogen) atoms. The number of imide groups is 1. The van der Waals surface area contributed by atoms with E-state index in [1.165, 1.54) is 0 Å². The van der Waals surface area contributed by atoms with Crippen molar-refractivity contribution in [2.24, 2.45) is 0 Å². The van der Waals surface area contributed by atoms with Crippen molar-refractivity contribution in [2.75, 3.05) is 19.6 Å². The zero-order valence-corrected chi connectivity index (χ0v) is 16.4. The van der Waals surface area contributed by atoms with E-state index >= 15 is 0 Å². The number of nitrogens with one attached hydrogen (secondary N) is 3. The van der Waals surface area contributed by atoms with E-state index in [4.69, 9.17) is 4.52 Å². The monoisotopic (exact) mass is 409 g/mol. The topological polar surface area (TPSA) is 117 Å². The van der Waals surface area contributed by atoms with Crippen LogP contribution in [0.1, 0.15) is 40.0 Å². The van der Waals surface area contributed by atoms with Gasteiger partial charge in [0.15, 0.2) is 0 Å². The lowest BCUT2D eigenvalue weighted by Crippen LogP contribution is -2.61. The van der Waals surface area contributed by atoms with Crippen LogP contribution in [0.25, 0.3) is 0 Å². The number of benzene rings is 1. The van der Waals surface area contributed by atoms with Crippen molar-refractivity contribution in [3.05, 3.63) is 52.9 Å². The van der Waals surface area contributed by atoms with Gasteiger partial charge in [0.05, 0.1) is 11.1 Å². The third-order valence-corrected chi connectivity index (χ3v) is 6.29. The van der Waals surface area contributed by atoms with E-state index in [-0.39, 0.29) is 29.6 Å². The Bertz CT molecular complexity index is 999. The van der Waals surface area contributed by atoms with Crippen molar-refractivity contribution in [3.63, 3.8) is 0 Å². The molecule has 3 amide bonds. The normalized spacial score (nSPS) is 22.6. The van der Waals surface area contributed by atoms with Gasteiger partial charge in [-0.3, -0.25) is 19.7 Å². The summed E-state index contributed by atoms with van der Waals surface area (Å²) >= 11 is 0. The minimum atomic E-state index is -0.586. The quantitative estimate of drug-likeness (QED) is 0.578. The summed E-state index contributed by atoms with van der Waals surface area (Å²) in [7, 11) is 0. The van der Waals surface area contributed by atoms with E-state index in [1.807, 2.05) is 24.3 Å². The highest BCUT2D eigenvalue weighted by molar-refractivity contribution is 6.05. The molecule has 2 saturated heterocycles. The first-order valence-electron chi connectivity index (χ1n) is 10.1. The average molecular weight is 409 g/mol. The lowest BCUT2D eigenvalue weighted by molar-refractivity contribution is -0.136. The van der Waals surface area contributed by atoms with E-state index in [1.54, 1.807) is 11.2 Å². The third kappa shape index (κ3) is 3.20. The van der Waals surface area contributed by atoms with Crippen LogP contribution in [0.3, 0.4) is 0 Å². The smallest absolute Gasteiger partial charge is 0.255 e. The van der Waals surface area contributed by atoms with Gasteiger partial charge in [-0.15, -0.1) is 0 Å². The standard InChI is InChI=1S/C21H23N5O4/c27-18-4-3-16(19(28)24-18)26-9-14-7-13(1-2-15(14)20(26)29)8-22-10-21(11-23-12-21)17-5-6-30-25-17/h1-2,5-7,16,22-23H,3-4,8-12H2,(H,24,27,28). The number of piperidine rings is 1. The zero-order valence-electron chi connectivity index (χ0n) is 16.4. The van der Waals surface area contributed by atoms with Crippen LogP contribution >= 0.6 is 0 Å². The molecule has 1 aromatic heterocycles. The summed E-state index contributed by atoms with van der Waals surface area (Å²) in [4.78, 5) is 37.9. The Labute approximate surface area is 173 Å². The van der Waals surface area contributed by atoms with Crippen LogP contribution in [0.5, 0.6) is 0 Å². The number of fused-ring (bicyclic) bond motifs is 1. The first-order chi connectivity index (χ1) is 14.6. The fourth-order valence-electron chi connectivity index (χ4n) is 4.49. The molecule has 3 N–H and O–H groups in total. The van der Waals surface area contributed by atoms with Crippen molar-refractivity contribution >= 4 is 17.7 Å². The second kappa shape index (κ2) is 7.33. The Morgan fingerprint density at radius 2 is 2.10 bits per heavy atom. The Morgan fingerprint density at radius 3 is 2.80 bits per heavy atom. The maximum atomic E-state index is 12.8. The van der Waals surface area contributed by atoms with E-state index < -0.39 is 6.04 Å². The SMILES string of the molecule is O=C1CCC(N2Cc3cc(CNCC4(c5ccon5)CNC4)ccc3C2=O)C(=O)N1. The molecule has 2 fully saturated rings. The van der Waals surface area contributed by atoms with Gasteiger partial charge in [0, 0.05) is 50.8 Å². The van der Waals surface area contributed by atoms with Crippen LogP contribution in [-0.4, -0.2) is 53.5 Å². The summed E-state index contributed by atoms with van der Waals surface area (Å²) in [6, 6.07) is 7.12. The van der Waals surface area contributed by atoms with Gasteiger partial charge in [-0.1, -0.05) is 17.3 Å². The highest BCUT2D eigenvalue weighted by Crippen LogP contribution is 2.29. The summed E-state index contributed by atoms with van der Waals surface area (Å²) in [5, 5.41) is 13.2. The molecule has 1 atom stereocenters. The van der Waals surface area contributed by atoms with Crippen LogP contribution < -0.4 is 16.0 Å². The number of hydrogen-bond donors (Lipinski definition) is 3. The molecule has 1 aromatic carbocycles. The molecule has 3 aliphatic rings. The van der Waals surface area contributed by atoms with Gasteiger partial charge in [0.25, 0.3) is 5.91 Å². The van der Waals surface area contributed by atoms with Gasteiger partial charge in [-0.05, 0) is 23.6 Å². The Kier molecular flexibility index (Phi) is 4.63. The number of nitrogens with zero attached hydrogens (tertiary/aromatic N) is 2.